The van der Waals surface area contributed by atoms with E-state index in [4.69, 9.17) is 5.73 Å². The van der Waals surface area contributed by atoms with Crippen molar-refractivity contribution in [3.8, 4) is 0 Å². The third-order valence-electron chi connectivity index (χ3n) is 4.16. The number of likely N-dealkylation sites (tertiary alicyclic amines) is 1. The molecule has 3 nitrogen and oxygen atoms in total. The first-order valence-corrected chi connectivity index (χ1v) is 7.16. The number of hydrogen-bond donors (Lipinski definition) is 1. The fourth-order valence-corrected chi connectivity index (χ4v) is 2.75. The third kappa shape index (κ3) is 3.57. The lowest BCUT2D eigenvalue weighted by Gasteiger charge is -2.34. The van der Waals surface area contributed by atoms with Crippen LogP contribution in [0, 0.1) is 12.8 Å². The van der Waals surface area contributed by atoms with Crippen molar-refractivity contribution in [2.24, 2.45) is 11.7 Å². The molecule has 1 saturated heterocycles. The summed E-state index contributed by atoms with van der Waals surface area (Å²) in [6, 6.07) is 8.28. The molecule has 1 aromatic rings. The number of aryl methyl sites for hydroxylation is 1. The molecule has 0 aliphatic carbocycles. The molecule has 104 valence electrons. The predicted molar refractivity (Wildman–Crippen MR) is 77.8 cm³/mol. The van der Waals surface area contributed by atoms with Crippen molar-refractivity contribution in [1.29, 1.82) is 0 Å². The summed E-state index contributed by atoms with van der Waals surface area (Å²) in [5.41, 5.74) is 8.29. The summed E-state index contributed by atoms with van der Waals surface area (Å²) in [5.74, 6) is 0.689. The quantitative estimate of drug-likeness (QED) is 0.905. The topological polar surface area (TPSA) is 46.3 Å². The van der Waals surface area contributed by atoms with Gasteiger partial charge < -0.3 is 10.6 Å². The summed E-state index contributed by atoms with van der Waals surface area (Å²) in [6.07, 6.45) is 2.73. The molecule has 0 spiro atoms. The molecular formula is C16H24N2O. The van der Waals surface area contributed by atoms with Crippen LogP contribution in [-0.4, -0.2) is 29.9 Å². The van der Waals surface area contributed by atoms with Gasteiger partial charge in [0.2, 0.25) is 5.91 Å². The Bertz CT molecular complexity index is 442. The van der Waals surface area contributed by atoms with E-state index in [-0.39, 0.29) is 11.9 Å². The van der Waals surface area contributed by atoms with E-state index in [1.165, 1.54) is 5.56 Å². The minimum absolute atomic E-state index is 0.175. The number of rotatable bonds is 3. The van der Waals surface area contributed by atoms with Crippen LogP contribution in [0.5, 0.6) is 0 Å². The minimum atomic E-state index is 0.175. The number of nitrogens with zero attached hydrogens (tertiary/aromatic N) is 1. The normalized spacial score (nSPS) is 21.2. The molecule has 3 heteroatoms. The zero-order valence-electron chi connectivity index (χ0n) is 11.9. The van der Waals surface area contributed by atoms with Gasteiger partial charge in [-0.3, -0.25) is 4.79 Å². The van der Waals surface area contributed by atoms with Crippen molar-refractivity contribution in [3.63, 3.8) is 0 Å². The van der Waals surface area contributed by atoms with Crippen molar-refractivity contribution in [2.75, 3.05) is 13.1 Å². The molecule has 0 saturated carbocycles. The summed E-state index contributed by atoms with van der Waals surface area (Å²) in [5, 5.41) is 0. The van der Waals surface area contributed by atoms with Crippen LogP contribution in [0.15, 0.2) is 24.3 Å². The zero-order chi connectivity index (χ0) is 13.8. The van der Waals surface area contributed by atoms with Crippen molar-refractivity contribution in [3.05, 3.63) is 35.4 Å². The van der Waals surface area contributed by atoms with Gasteiger partial charge in [-0.2, -0.15) is 0 Å². The highest BCUT2D eigenvalue weighted by Crippen LogP contribution is 2.20. The molecule has 0 bridgehead atoms. The molecule has 19 heavy (non-hydrogen) atoms. The summed E-state index contributed by atoms with van der Waals surface area (Å²) in [4.78, 5) is 14.4. The summed E-state index contributed by atoms with van der Waals surface area (Å²) >= 11 is 0. The van der Waals surface area contributed by atoms with Crippen LogP contribution in [-0.2, 0) is 11.2 Å². The van der Waals surface area contributed by atoms with Gasteiger partial charge in [0, 0.05) is 19.1 Å². The van der Waals surface area contributed by atoms with Crippen LogP contribution in [0.1, 0.15) is 30.9 Å². The van der Waals surface area contributed by atoms with E-state index in [2.05, 4.69) is 13.0 Å². The number of piperidine rings is 1. The Labute approximate surface area is 115 Å². The maximum absolute atomic E-state index is 12.4. The molecule has 1 aliphatic rings. The summed E-state index contributed by atoms with van der Waals surface area (Å²) in [6.45, 7) is 5.81. The van der Waals surface area contributed by atoms with E-state index < -0.39 is 0 Å². The highest BCUT2D eigenvalue weighted by atomic mass is 16.2. The van der Waals surface area contributed by atoms with Crippen LogP contribution in [0.4, 0.5) is 0 Å². The van der Waals surface area contributed by atoms with Gasteiger partial charge in [-0.25, -0.2) is 0 Å². The van der Waals surface area contributed by atoms with Crippen LogP contribution in [0.25, 0.3) is 0 Å². The van der Waals surface area contributed by atoms with Gasteiger partial charge in [-0.1, -0.05) is 24.3 Å². The molecule has 1 heterocycles. The summed E-state index contributed by atoms with van der Waals surface area (Å²) < 4.78 is 0. The van der Waals surface area contributed by atoms with Crippen LogP contribution in [0.2, 0.25) is 0 Å². The fourth-order valence-electron chi connectivity index (χ4n) is 2.75. The smallest absolute Gasteiger partial charge is 0.227 e. The monoisotopic (exact) mass is 260 g/mol. The van der Waals surface area contributed by atoms with E-state index in [1.54, 1.807) is 0 Å². The van der Waals surface area contributed by atoms with Gasteiger partial charge in [0.15, 0.2) is 0 Å². The second-order valence-electron chi connectivity index (χ2n) is 5.70. The van der Waals surface area contributed by atoms with E-state index in [0.717, 1.165) is 31.5 Å². The first kappa shape index (κ1) is 14.1. The van der Waals surface area contributed by atoms with Crippen LogP contribution in [0.3, 0.4) is 0 Å². The third-order valence-corrected chi connectivity index (χ3v) is 4.16. The molecule has 2 N–H and O–H groups in total. The molecular weight excluding hydrogens is 236 g/mol. The minimum Gasteiger partial charge on any atom is -0.342 e. The number of benzene rings is 1. The molecule has 1 fully saturated rings. The number of carbonyl (C=O) groups is 1. The maximum atomic E-state index is 12.4. The molecule has 1 aromatic carbocycles. The zero-order valence-corrected chi connectivity index (χ0v) is 11.9. The first-order valence-electron chi connectivity index (χ1n) is 7.16. The van der Waals surface area contributed by atoms with Gasteiger partial charge in [-0.05, 0) is 43.7 Å². The standard InChI is InChI=1S/C16H24N2O/c1-12-6-3-4-7-14(12)10-16(19)18-9-5-8-15(11-18)13(2)17/h3-4,6-7,13,15H,5,8-11,17H2,1-2H3/t13-,15+/m1/s1. The van der Waals surface area contributed by atoms with E-state index in [9.17, 15) is 4.79 Å². The first-order chi connectivity index (χ1) is 9.08. The Morgan fingerprint density at radius 2 is 2.21 bits per heavy atom. The average Bonchev–Trinajstić information content (AvgIpc) is 2.41. The van der Waals surface area contributed by atoms with E-state index in [1.807, 2.05) is 30.0 Å². The van der Waals surface area contributed by atoms with Gasteiger partial charge in [-0.15, -0.1) is 0 Å². The average molecular weight is 260 g/mol. The molecule has 2 atom stereocenters. The Morgan fingerprint density at radius 3 is 2.89 bits per heavy atom. The highest BCUT2D eigenvalue weighted by molar-refractivity contribution is 5.79. The maximum Gasteiger partial charge on any atom is 0.227 e. The fraction of sp³-hybridized carbons (Fsp3) is 0.562. The Balaban J connectivity index is 1.98. The second kappa shape index (κ2) is 6.20. The lowest BCUT2D eigenvalue weighted by molar-refractivity contribution is -0.132. The number of carbonyl (C=O) groups excluding carboxylic acids is 1. The molecule has 1 amide bonds. The second-order valence-corrected chi connectivity index (χ2v) is 5.70. The number of nitrogens with two attached hydrogens (primary N) is 1. The van der Waals surface area contributed by atoms with Gasteiger partial charge in [0.25, 0.3) is 0 Å². The Hall–Kier alpha value is -1.35. The van der Waals surface area contributed by atoms with Gasteiger partial charge >= 0.3 is 0 Å². The van der Waals surface area contributed by atoms with Crippen LogP contribution >= 0.6 is 0 Å². The van der Waals surface area contributed by atoms with Gasteiger partial charge in [0.1, 0.15) is 0 Å². The molecule has 1 aliphatic heterocycles. The summed E-state index contributed by atoms with van der Waals surface area (Å²) in [7, 11) is 0. The van der Waals surface area contributed by atoms with E-state index >= 15 is 0 Å². The number of amides is 1. The Kier molecular flexibility index (Phi) is 4.59. The van der Waals surface area contributed by atoms with Crippen LogP contribution < -0.4 is 5.73 Å². The Morgan fingerprint density at radius 1 is 1.47 bits per heavy atom. The van der Waals surface area contributed by atoms with Gasteiger partial charge in [0.05, 0.1) is 6.42 Å². The van der Waals surface area contributed by atoms with Crippen molar-refractivity contribution in [2.45, 2.75) is 39.2 Å². The molecule has 0 radical (unpaired) electrons. The largest absolute Gasteiger partial charge is 0.342 e. The lowest BCUT2D eigenvalue weighted by atomic mass is 9.92. The molecule has 0 aromatic heterocycles. The van der Waals surface area contributed by atoms with Crippen molar-refractivity contribution >= 4 is 5.91 Å². The highest BCUT2D eigenvalue weighted by Gasteiger charge is 2.25. The lowest BCUT2D eigenvalue weighted by Crippen LogP contribution is -2.45. The molecule has 2 rings (SSSR count). The SMILES string of the molecule is Cc1ccccc1CC(=O)N1CCC[C@H]([C@@H](C)N)C1. The van der Waals surface area contributed by atoms with Crippen molar-refractivity contribution in [1.82, 2.24) is 4.90 Å². The van der Waals surface area contributed by atoms with E-state index in [0.29, 0.717) is 12.3 Å². The van der Waals surface area contributed by atoms with Crippen molar-refractivity contribution < 1.29 is 4.79 Å². The number of hydrogen-bond acceptors (Lipinski definition) is 2. The predicted octanol–water partition coefficient (Wildman–Crippen LogP) is 2.12. The molecule has 0 unspecified atom stereocenters.